The van der Waals surface area contributed by atoms with Crippen LogP contribution in [0.2, 0.25) is 0 Å². The van der Waals surface area contributed by atoms with Gasteiger partial charge in [-0.1, -0.05) is 30.3 Å². The molecule has 112 valence electrons. The van der Waals surface area contributed by atoms with Crippen molar-refractivity contribution in [1.29, 1.82) is 0 Å². The lowest BCUT2D eigenvalue weighted by Gasteiger charge is -2.25. The minimum atomic E-state index is -1.46. The molecule has 2 aromatic carbocycles. The number of rotatable bonds is 5. The predicted octanol–water partition coefficient (Wildman–Crippen LogP) is 3.14. The number of halogens is 2. The summed E-state index contributed by atoms with van der Waals surface area (Å²) in [5.74, 6) is -0.415. The Morgan fingerprint density at radius 3 is 2.19 bits per heavy atom. The van der Waals surface area contributed by atoms with Crippen molar-refractivity contribution in [2.45, 2.75) is 12.1 Å². The van der Waals surface area contributed by atoms with E-state index in [0.717, 1.165) is 5.56 Å². The van der Waals surface area contributed by atoms with Crippen LogP contribution in [0.3, 0.4) is 0 Å². The monoisotopic (exact) mass is 310 g/mol. The molecular weight excluding hydrogens is 295 g/mol. The highest BCUT2D eigenvalue weighted by molar-refractivity contribution is 5.85. The van der Waals surface area contributed by atoms with E-state index in [4.69, 9.17) is 0 Å². The maximum Gasteiger partial charge on any atom is 0.304 e. The second kappa shape index (κ2) is 7.15. The third-order valence-corrected chi connectivity index (χ3v) is 3.35. The number of likely N-dealkylation sites (N-methyl/N-ethyl adjacent to an activating group) is 1. The molecule has 0 amide bonds. The molecule has 0 radical (unpaired) electrons. The molecule has 0 aliphatic carbocycles. The smallest absolute Gasteiger partial charge is 0.262 e. The fourth-order valence-corrected chi connectivity index (χ4v) is 2.21. The van der Waals surface area contributed by atoms with Gasteiger partial charge in [-0.05, 0) is 36.9 Å². The van der Waals surface area contributed by atoms with Gasteiger partial charge in [0.1, 0.15) is 5.82 Å². The molecule has 21 heavy (non-hydrogen) atoms. The van der Waals surface area contributed by atoms with Gasteiger partial charge in [-0.2, -0.15) is 0 Å². The molecule has 2 aromatic rings. The van der Waals surface area contributed by atoms with Crippen LogP contribution in [0.15, 0.2) is 54.6 Å². The molecule has 0 fully saturated rings. The highest BCUT2D eigenvalue weighted by Crippen LogP contribution is 2.26. The molecular formula is C15H16ClFN2O2. The summed E-state index contributed by atoms with van der Waals surface area (Å²) >= 11 is 0. The van der Waals surface area contributed by atoms with Crippen molar-refractivity contribution in [3.05, 3.63) is 81.7 Å². The Bertz CT molecular complexity index is 592. The van der Waals surface area contributed by atoms with Crippen LogP contribution in [0.5, 0.6) is 0 Å². The van der Waals surface area contributed by atoms with E-state index in [1.165, 1.54) is 31.3 Å². The van der Waals surface area contributed by atoms with Crippen LogP contribution in [-0.4, -0.2) is 12.0 Å². The first kappa shape index (κ1) is 17.1. The SMILES string of the molecule is CNC(Cc1ccccc1)(c1ccc(F)cc1)[N+](=O)[O-].Cl. The first-order chi connectivity index (χ1) is 9.58. The Morgan fingerprint density at radius 2 is 1.71 bits per heavy atom. The summed E-state index contributed by atoms with van der Waals surface area (Å²) in [5.41, 5.74) is -0.201. The molecule has 0 aliphatic heterocycles. The fourth-order valence-electron chi connectivity index (χ4n) is 2.21. The summed E-state index contributed by atoms with van der Waals surface area (Å²) in [4.78, 5) is 11.2. The number of nitro groups is 1. The molecule has 0 aromatic heterocycles. The zero-order valence-electron chi connectivity index (χ0n) is 11.5. The predicted molar refractivity (Wildman–Crippen MR) is 81.5 cm³/mol. The number of hydrogen-bond acceptors (Lipinski definition) is 3. The zero-order valence-corrected chi connectivity index (χ0v) is 12.3. The van der Waals surface area contributed by atoms with Crippen molar-refractivity contribution in [3.8, 4) is 0 Å². The van der Waals surface area contributed by atoms with E-state index in [9.17, 15) is 14.5 Å². The third kappa shape index (κ3) is 3.56. The Balaban J connectivity index is 0.00000220. The minimum Gasteiger partial charge on any atom is -0.262 e. The van der Waals surface area contributed by atoms with Gasteiger partial charge in [0.05, 0.1) is 6.42 Å². The van der Waals surface area contributed by atoms with E-state index >= 15 is 0 Å². The van der Waals surface area contributed by atoms with E-state index in [-0.39, 0.29) is 23.8 Å². The van der Waals surface area contributed by atoms with Gasteiger partial charge in [-0.15, -0.1) is 12.4 Å². The van der Waals surface area contributed by atoms with Crippen molar-refractivity contribution in [2.75, 3.05) is 7.05 Å². The normalized spacial score (nSPS) is 13.0. The van der Waals surface area contributed by atoms with Gasteiger partial charge in [-0.25, -0.2) is 4.39 Å². The Hall–Kier alpha value is -1.98. The maximum atomic E-state index is 13.0. The number of nitrogens with one attached hydrogen (secondary N) is 1. The van der Waals surface area contributed by atoms with Gasteiger partial charge in [0, 0.05) is 10.5 Å². The lowest BCUT2D eigenvalue weighted by atomic mass is 9.92. The lowest BCUT2D eigenvalue weighted by Crippen LogP contribution is -2.49. The van der Waals surface area contributed by atoms with Crippen LogP contribution >= 0.6 is 12.4 Å². The van der Waals surface area contributed by atoms with Crippen LogP contribution in [0.25, 0.3) is 0 Å². The fraction of sp³-hybridized carbons (Fsp3) is 0.200. The minimum absolute atomic E-state index is 0. The molecule has 0 saturated heterocycles. The van der Waals surface area contributed by atoms with E-state index in [1.54, 1.807) is 0 Å². The second-order valence-electron chi connectivity index (χ2n) is 4.54. The maximum absolute atomic E-state index is 13.0. The summed E-state index contributed by atoms with van der Waals surface area (Å²) in [7, 11) is 1.54. The molecule has 6 heteroatoms. The first-order valence-electron chi connectivity index (χ1n) is 6.22. The van der Waals surface area contributed by atoms with Crippen LogP contribution in [-0.2, 0) is 12.1 Å². The third-order valence-electron chi connectivity index (χ3n) is 3.35. The van der Waals surface area contributed by atoms with Gasteiger partial charge in [0.2, 0.25) is 0 Å². The highest BCUT2D eigenvalue weighted by atomic mass is 35.5. The summed E-state index contributed by atoms with van der Waals surface area (Å²) < 4.78 is 13.0. The first-order valence-corrected chi connectivity index (χ1v) is 6.22. The molecule has 1 atom stereocenters. The Morgan fingerprint density at radius 1 is 1.14 bits per heavy atom. The standard InChI is InChI=1S/C15H15FN2O2.ClH/c1-17-15(18(19)20,11-12-5-3-2-4-6-12)13-7-9-14(16)10-8-13;/h2-10,17H,11H2,1H3;1H. The van der Waals surface area contributed by atoms with Crippen molar-refractivity contribution in [1.82, 2.24) is 5.32 Å². The molecule has 0 heterocycles. The van der Waals surface area contributed by atoms with Crippen molar-refractivity contribution >= 4 is 12.4 Å². The molecule has 0 bridgehead atoms. The second-order valence-corrected chi connectivity index (χ2v) is 4.54. The summed E-state index contributed by atoms with van der Waals surface area (Å²) in [6.07, 6.45) is 0.184. The summed E-state index contributed by atoms with van der Waals surface area (Å²) in [5, 5.41) is 14.4. The van der Waals surface area contributed by atoms with E-state index < -0.39 is 11.5 Å². The average Bonchev–Trinajstić information content (AvgIpc) is 2.46. The van der Waals surface area contributed by atoms with Crippen molar-refractivity contribution in [3.63, 3.8) is 0 Å². The summed E-state index contributed by atoms with van der Waals surface area (Å²) in [6.45, 7) is 0. The van der Waals surface area contributed by atoms with Gasteiger partial charge in [-0.3, -0.25) is 15.4 Å². The molecule has 1 N–H and O–H groups in total. The number of hydrogen-bond donors (Lipinski definition) is 1. The highest BCUT2D eigenvalue weighted by Gasteiger charge is 2.43. The average molecular weight is 311 g/mol. The van der Waals surface area contributed by atoms with E-state index in [0.29, 0.717) is 5.56 Å². The van der Waals surface area contributed by atoms with Crippen LogP contribution in [0.1, 0.15) is 11.1 Å². The Kier molecular flexibility index (Phi) is 5.81. The van der Waals surface area contributed by atoms with Crippen molar-refractivity contribution in [2.24, 2.45) is 0 Å². The molecule has 1 unspecified atom stereocenters. The van der Waals surface area contributed by atoms with Crippen molar-refractivity contribution < 1.29 is 9.31 Å². The van der Waals surface area contributed by atoms with Gasteiger partial charge in [0.15, 0.2) is 0 Å². The van der Waals surface area contributed by atoms with Gasteiger partial charge < -0.3 is 0 Å². The molecule has 0 spiro atoms. The molecule has 4 nitrogen and oxygen atoms in total. The Labute approximate surface area is 128 Å². The van der Waals surface area contributed by atoms with Crippen LogP contribution in [0.4, 0.5) is 4.39 Å². The lowest BCUT2D eigenvalue weighted by molar-refractivity contribution is -0.587. The van der Waals surface area contributed by atoms with Crippen LogP contribution in [0, 0.1) is 15.9 Å². The molecule has 0 saturated carbocycles. The quantitative estimate of drug-likeness (QED) is 0.524. The number of benzene rings is 2. The topological polar surface area (TPSA) is 55.2 Å². The zero-order chi connectivity index (χ0) is 14.6. The van der Waals surface area contributed by atoms with E-state index in [1.807, 2.05) is 30.3 Å². The van der Waals surface area contributed by atoms with E-state index in [2.05, 4.69) is 5.32 Å². The molecule has 0 aliphatic rings. The number of nitrogens with zero attached hydrogens (tertiary/aromatic N) is 1. The summed E-state index contributed by atoms with van der Waals surface area (Å²) in [6, 6.07) is 14.5. The van der Waals surface area contributed by atoms with Crippen LogP contribution < -0.4 is 5.32 Å². The van der Waals surface area contributed by atoms with Gasteiger partial charge >= 0.3 is 5.66 Å². The molecule has 2 rings (SSSR count). The van der Waals surface area contributed by atoms with Gasteiger partial charge in [0.25, 0.3) is 0 Å². The largest absolute Gasteiger partial charge is 0.304 e.